The average molecular weight is 833 g/mol. The molecule has 0 radical (unpaired) electrons. The number of carbonyl (C=O) groups excluding carboxylic acids is 5. The quantitative estimate of drug-likeness (QED) is 0.0269. The molecule has 1 heterocycles. The lowest BCUT2D eigenvalue weighted by molar-refractivity contribution is -0.171. The molecule has 0 saturated heterocycles. The highest BCUT2D eigenvalue weighted by atomic mass is 31.2. The minimum absolute atomic E-state index is 0.0425. The molecule has 316 valence electrons. The van der Waals surface area contributed by atoms with Gasteiger partial charge >= 0.3 is 12.1 Å². The number of nitrogens with one attached hydrogen (secondary N) is 2. The first kappa shape index (κ1) is 45.8. The van der Waals surface area contributed by atoms with Crippen molar-refractivity contribution in [3.05, 3.63) is 102 Å². The third-order valence-corrected chi connectivity index (χ3v) is 11.1. The van der Waals surface area contributed by atoms with Crippen LogP contribution in [-0.2, 0) is 30.1 Å². The normalized spacial score (nSPS) is 12.9. The molecule has 15 nitrogen and oxygen atoms in total. The average Bonchev–Trinajstić information content (AvgIpc) is 3.73. The summed E-state index contributed by atoms with van der Waals surface area (Å²) >= 11 is 0. The Bertz CT molecular complexity index is 2090. The summed E-state index contributed by atoms with van der Waals surface area (Å²) in [7, 11) is -0.340. The van der Waals surface area contributed by atoms with Crippen LogP contribution in [0.3, 0.4) is 0 Å². The summed E-state index contributed by atoms with van der Waals surface area (Å²) in [6.45, 7) is 7.37. The highest BCUT2D eigenvalue weighted by Gasteiger charge is 2.34. The van der Waals surface area contributed by atoms with Crippen molar-refractivity contribution in [2.75, 3.05) is 34.0 Å². The summed E-state index contributed by atoms with van der Waals surface area (Å²) < 4.78 is 36.6. The van der Waals surface area contributed by atoms with Gasteiger partial charge in [-0.15, -0.1) is 0 Å². The smallest absolute Gasteiger partial charge is 0.414 e. The van der Waals surface area contributed by atoms with Crippen molar-refractivity contribution < 1.29 is 51.8 Å². The van der Waals surface area contributed by atoms with Gasteiger partial charge in [-0.3, -0.25) is 18.9 Å². The molecule has 0 aliphatic heterocycles. The molecule has 0 bridgehead atoms. The largest absolute Gasteiger partial charge is 0.494 e. The number of para-hydroxylation sites is 1. The van der Waals surface area contributed by atoms with Gasteiger partial charge in [0.2, 0.25) is 19.7 Å². The summed E-state index contributed by atoms with van der Waals surface area (Å²) in [5.41, 5.74) is 1.29. The fourth-order valence-corrected chi connectivity index (χ4v) is 7.36. The van der Waals surface area contributed by atoms with E-state index in [0.717, 1.165) is 23.5 Å². The lowest BCUT2D eigenvalue weighted by Crippen LogP contribution is -2.49. The number of unbranched alkanes of at least 4 members (excludes halogenated alkanes) is 2. The Balaban J connectivity index is 1.44. The SMILES string of the molecule is CCCCC[C@@H](C(=O)NCNC(=O)c1ccc(-c2cc(OCC)cc(P(C)(=O)OCc3ccccc3)c2)o1)[C@@H](CC)N(C=O)OC(=O)c1ccccc1OC(=O)N(C)C. The molecule has 3 aromatic carbocycles. The van der Waals surface area contributed by atoms with Crippen molar-refractivity contribution in [2.24, 2.45) is 5.92 Å². The Labute approximate surface area is 344 Å². The van der Waals surface area contributed by atoms with Crippen LogP contribution in [0.25, 0.3) is 11.3 Å². The zero-order valence-corrected chi connectivity index (χ0v) is 35.2. The van der Waals surface area contributed by atoms with Gasteiger partial charge in [0.05, 0.1) is 31.8 Å². The molecule has 59 heavy (non-hydrogen) atoms. The zero-order chi connectivity index (χ0) is 43.0. The van der Waals surface area contributed by atoms with Crippen LogP contribution in [0.15, 0.2) is 89.3 Å². The first-order valence-corrected chi connectivity index (χ1v) is 21.5. The Morgan fingerprint density at radius 1 is 0.898 bits per heavy atom. The maximum atomic E-state index is 13.8. The van der Waals surface area contributed by atoms with Crippen molar-refractivity contribution in [2.45, 2.75) is 65.5 Å². The number of hydrogen-bond acceptors (Lipinski definition) is 11. The number of benzene rings is 3. The topological polar surface area (TPSA) is 183 Å². The van der Waals surface area contributed by atoms with Crippen LogP contribution in [0.4, 0.5) is 4.79 Å². The monoisotopic (exact) mass is 832 g/mol. The van der Waals surface area contributed by atoms with Crippen molar-refractivity contribution in [1.82, 2.24) is 20.6 Å². The van der Waals surface area contributed by atoms with Crippen LogP contribution in [0, 0.1) is 5.92 Å². The Morgan fingerprint density at radius 3 is 2.31 bits per heavy atom. The van der Waals surface area contributed by atoms with E-state index in [9.17, 15) is 28.5 Å². The summed E-state index contributed by atoms with van der Waals surface area (Å²) in [5, 5.41) is 6.58. The van der Waals surface area contributed by atoms with E-state index in [4.69, 9.17) is 23.3 Å². The van der Waals surface area contributed by atoms with Gasteiger partial charge in [-0.25, -0.2) is 9.59 Å². The van der Waals surface area contributed by atoms with E-state index in [-0.39, 0.29) is 36.8 Å². The maximum Gasteiger partial charge on any atom is 0.414 e. The number of carbonyl (C=O) groups is 5. The minimum Gasteiger partial charge on any atom is -0.494 e. The molecule has 0 aliphatic rings. The van der Waals surface area contributed by atoms with Gasteiger partial charge < -0.3 is 38.8 Å². The van der Waals surface area contributed by atoms with Gasteiger partial charge in [0.15, 0.2) is 5.76 Å². The number of furan rings is 1. The lowest BCUT2D eigenvalue weighted by Gasteiger charge is -2.32. The first-order chi connectivity index (χ1) is 28.3. The fourth-order valence-electron chi connectivity index (χ4n) is 6.08. The highest BCUT2D eigenvalue weighted by Crippen LogP contribution is 2.44. The molecule has 1 aromatic heterocycles. The molecule has 4 rings (SSSR count). The third kappa shape index (κ3) is 13.0. The zero-order valence-electron chi connectivity index (χ0n) is 34.3. The van der Waals surface area contributed by atoms with Crippen LogP contribution in [0.1, 0.15) is 79.4 Å². The molecule has 2 N–H and O–H groups in total. The predicted octanol–water partition coefficient (Wildman–Crippen LogP) is 7.16. The summed E-state index contributed by atoms with van der Waals surface area (Å²) in [6.07, 6.45) is 2.56. The molecule has 3 atom stereocenters. The van der Waals surface area contributed by atoms with Gasteiger partial charge in [0, 0.05) is 31.6 Å². The Morgan fingerprint density at radius 2 is 1.63 bits per heavy atom. The summed E-state index contributed by atoms with van der Waals surface area (Å²) in [4.78, 5) is 71.5. The number of rotatable bonds is 22. The molecule has 0 aliphatic carbocycles. The molecule has 0 fully saturated rings. The number of hydroxylamine groups is 2. The third-order valence-electron chi connectivity index (χ3n) is 9.24. The molecule has 0 saturated carbocycles. The standard InChI is InChI=1S/C43H53N4O11P/c1-7-10-12-19-34(36(8-2)47(29-48)58-42(51)35-20-15-16-21-38(35)57-43(52)46(4)5)40(49)44-28-45-41(50)39-23-22-37(56-39)31-24-32(54-9-3)26-33(25-31)59(6,53)55-27-30-17-13-11-14-18-30/h11,13-18,20-26,29,34,36H,7-10,12,19,27-28H2,1-6H3,(H,44,49)(H,45,50)/t34-,36-,59?/m1/s1. The Hall–Kier alpha value is -5.92. The van der Waals surface area contributed by atoms with Gasteiger partial charge in [-0.1, -0.05) is 75.6 Å². The predicted molar refractivity (Wildman–Crippen MR) is 221 cm³/mol. The van der Waals surface area contributed by atoms with Crippen molar-refractivity contribution in [3.8, 4) is 22.8 Å². The van der Waals surface area contributed by atoms with E-state index in [1.165, 1.54) is 43.9 Å². The van der Waals surface area contributed by atoms with Gasteiger partial charge in [-0.05, 0) is 67.8 Å². The number of hydrogen-bond donors (Lipinski definition) is 2. The van der Waals surface area contributed by atoms with E-state index in [0.29, 0.717) is 48.2 Å². The van der Waals surface area contributed by atoms with Gasteiger partial charge in [-0.2, -0.15) is 5.06 Å². The van der Waals surface area contributed by atoms with Crippen LogP contribution in [-0.4, -0.2) is 80.3 Å². The van der Waals surface area contributed by atoms with Gasteiger partial charge in [0.1, 0.15) is 22.8 Å². The second-order valence-corrected chi connectivity index (χ2v) is 16.3. The van der Waals surface area contributed by atoms with Crippen molar-refractivity contribution in [1.29, 1.82) is 0 Å². The van der Waals surface area contributed by atoms with Crippen molar-refractivity contribution >= 4 is 43.0 Å². The van der Waals surface area contributed by atoms with E-state index < -0.39 is 43.2 Å². The summed E-state index contributed by atoms with van der Waals surface area (Å²) in [5.74, 6) is -2.22. The number of ether oxygens (including phenoxy) is 2. The molecular weight excluding hydrogens is 779 g/mol. The molecule has 1 unspecified atom stereocenters. The molecule has 4 aromatic rings. The van der Waals surface area contributed by atoms with E-state index >= 15 is 0 Å². The van der Waals surface area contributed by atoms with E-state index in [2.05, 4.69) is 10.6 Å². The van der Waals surface area contributed by atoms with Crippen LogP contribution in [0.5, 0.6) is 11.5 Å². The maximum absolute atomic E-state index is 13.8. The summed E-state index contributed by atoms with van der Waals surface area (Å²) in [6, 6.07) is 22.6. The Kier molecular flexibility index (Phi) is 17.3. The van der Waals surface area contributed by atoms with Crippen molar-refractivity contribution in [3.63, 3.8) is 0 Å². The van der Waals surface area contributed by atoms with Gasteiger partial charge in [0.25, 0.3) is 5.91 Å². The molecular formula is C43H53N4O11P. The van der Waals surface area contributed by atoms with Crippen LogP contribution >= 0.6 is 7.37 Å². The molecule has 16 heteroatoms. The first-order valence-electron chi connectivity index (χ1n) is 19.5. The minimum atomic E-state index is -3.32. The number of nitrogens with zero attached hydrogens (tertiary/aromatic N) is 2. The van der Waals surface area contributed by atoms with Crippen LogP contribution < -0.4 is 25.4 Å². The van der Waals surface area contributed by atoms with Crippen LogP contribution in [0.2, 0.25) is 0 Å². The fraction of sp³-hybridized carbons (Fsp3) is 0.372. The highest BCUT2D eigenvalue weighted by molar-refractivity contribution is 7.66. The lowest BCUT2D eigenvalue weighted by atomic mass is 9.90. The van der Waals surface area contributed by atoms with E-state index in [1.807, 2.05) is 44.2 Å². The second kappa shape index (κ2) is 22.3. The van der Waals surface area contributed by atoms with E-state index in [1.54, 1.807) is 43.3 Å². The second-order valence-electron chi connectivity index (χ2n) is 13.8. The number of amides is 4. The molecule has 4 amide bonds. The molecule has 0 spiro atoms.